The van der Waals surface area contributed by atoms with Crippen LogP contribution < -0.4 is 10.5 Å². The van der Waals surface area contributed by atoms with Crippen molar-refractivity contribution in [2.75, 3.05) is 6.54 Å². The highest BCUT2D eigenvalue weighted by atomic mass is 32.2. The molecule has 0 radical (unpaired) electrons. The van der Waals surface area contributed by atoms with Gasteiger partial charge in [0.15, 0.2) is 0 Å². The molecule has 32 heavy (non-hydrogen) atoms. The van der Waals surface area contributed by atoms with E-state index in [9.17, 15) is 9.32 Å². The topological polar surface area (TPSA) is 87.7 Å². The zero-order valence-corrected chi connectivity index (χ0v) is 20.9. The maximum absolute atomic E-state index is 11.7. The molecule has 2 aromatic rings. The van der Waals surface area contributed by atoms with Gasteiger partial charge in [0.05, 0.1) is 10.6 Å². The maximum atomic E-state index is 11.7. The third kappa shape index (κ3) is 7.48. The van der Waals surface area contributed by atoms with Crippen LogP contribution >= 0.6 is 0 Å². The van der Waals surface area contributed by atoms with Gasteiger partial charge in [0.1, 0.15) is 17.2 Å². The monoisotopic (exact) mass is 455 g/mol. The van der Waals surface area contributed by atoms with Crippen molar-refractivity contribution < 1.29 is 9.32 Å². The second-order valence-corrected chi connectivity index (χ2v) is 10.3. The zero-order chi connectivity index (χ0) is 23.9. The van der Waals surface area contributed by atoms with Crippen molar-refractivity contribution in [3.8, 4) is 0 Å². The summed E-state index contributed by atoms with van der Waals surface area (Å²) >= 11 is 0. The fourth-order valence-electron chi connectivity index (χ4n) is 3.46. The molecule has 0 spiro atoms. The molecular weight excluding hydrogens is 418 g/mol. The van der Waals surface area contributed by atoms with E-state index in [-0.39, 0.29) is 11.3 Å². The fraction of sp³-hybridized carbons (Fsp3) is 0.423. The molecule has 0 amide bonds. The number of rotatable bonds is 9. The van der Waals surface area contributed by atoms with Crippen LogP contribution in [0.3, 0.4) is 0 Å². The summed E-state index contributed by atoms with van der Waals surface area (Å²) in [5, 5.41) is 19.4. The summed E-state index contributed by atoms with van der Waals surface area (Å²) in [5.74, 6) is 0.0688. The van der Waals surface area contributed by atoms with E-state index in [2.05, 4.69) is 17.4 Å². The number of aryl methyl sites for hydroxylation is 1. The summed E-state index contributed by atoms with van der Waals surface area (Å²) in [6.07, 6.45) is 2.13. The van der Waals surface area contributed by atoms with Gasteiger partial charge in [-0.3, -0.25) is 10.3 Å². The molecule has 174 valence electrons. The number of nitrogens with one attached hydrogen (secondary N) is 1. The zero-order valence-electron chi connectivity index (χ0n) is 20.1. The molecule has 4 N–H and O–H groups in total. The predicted octanol–water partition coefficient (Wildman–Crippen LogP) is 4.61. The molecule has 0 saturated heterocycles. The minimum atomic E-state index is -1.50. The van der Waals surface area contributed by atoms with Crippen molar-refractivity contribution >= 4 is 22.4 Å². The van der Waals surface area contributed by atoms with Crippen LogP contribution in [0.1, 0.15) is 51.3 Å². The first kappa shape index (κ1) is 26.1. The minimum Gasteiger partial charge on any atom is -0.378 e. The van der Waals surface area contributed by atoms with E-state index >= 15 is 0 Å². The molecule has 5 nitrogen and oxygen atoms in total. The Bertz CT molecular complexity index is 978. The first-order valence-corrected chi connectivity index (χ1v) is 12.2. The number of hydrogen-bond donors (Lipinski definition) is 3. The summed E-state index contributed by atoms with van der Waals surface area (Å²) in [7, 11) is -1.50. The Morgan fingerprint density at radius 2 is 1.88 bits per heavy atom. The van der Waals surface area contributed by atoms with E-state index in [1.807, 2.05) is 84.0 Å². The Labute approximate surface area is 195 Å². The van der Waals surface area contributed by atoms with E-state index in [4.69, 9.17) is 10.1 Å². The van der Waals surface area contributed by atoms with Crippen LogP contribution in [0.4, 0.5) is 0 Å². The predicted molar refractivity (Wildman–Crippen MR) is 136 cm³/mol. The molecule has 2 aromatic carbocycles. The molecule has 0 aliphatic heterocycles. The van der Waals surface area contributed by atoms with Crippen LogP contribution in [-0.4, -0.2) is 27.8 Å². The second kappa shape index (κ2) is 11.7. The number of hydrogen-bond acceptors (Lipinski definition) is 4. The lowest BCUT2D eigenvalue weighted by atomic mass is 9.91. The van der Waals surface area contributed by atoms with Crippen LogP contribution in [0.25, 0.3) is 5.70 Å². The van der Waals surface area contributed by atoms with Gasteiger partial charge < -0.3 is 5.11 Å². The summed E-state index contributed by atoms with van der Waals surface area (Å²) < 4.78 is 11.7. The van der Waals surface area contributed by atoms with Gasteiger partial charge in [0.2, 0.25) is 0 Å². The minimum absolute atomic E-state index is 0.0688. The Hall–Kier alpha value is -2.12. The molecule has 0 aromatic heterocycles. The Balaban J connectivity index is 2.32. The van der Waals surface area contributed by atoms with Gasteiger partial charge >= 0.3 is 0 Å². The van der Waals surface area contributed by atoms with E-state index < -0.39 is 17.2 Å². The number of nitrogens with zero attached hydrogens (tertiary/aromatic N) is 1. The van der Waals surface area contributed by atoms with Gasteiger partial charge in [-0.2, -0.15) is 0 Å². The number of allylic oxidation sites excluding steroid dienone is 1. The van der Waals surface area contributed by atoms with Gasteiger partial charge in [-0.15, -0.1) is 0 Å². The summed E-state index contributed by atoms with van der Waals surface area (Å²) in [4.78, 5) is 5.61. The van der Waals surface area contributed by atoms with Crippen molar-refractivity contribution in [3.63, 3.8) is 0 Å². The second-order valence-electron chi connectivity index (χ2n) is 9.27. The van der Waals surface area contributed by atoms with Crippen LogP contribution in [0, 0.1) is 18.3 Å². The lowest BCUT2D eigenvalue weighted by Crippen LogP contribution is -2.43. The molecule has 3 atom stereocenters. The third-order valence-electron chi connectivity index (χ3n) is 5.55. The van der Waals surface area contributed by atoms with Gasteiger partial charge in [0, 0.05) is 23.6 Å². The lowest BCUT2D eigenvalue weighted by molar-refractivity contribution is 0.0318. The lowest BCUT2D eigenvalue weighted by Gasteiger charge is -2.29. The van der Waals surface area contributed by atoms with E-state index in [1.165, 1.54) is 0 Å². The first-order valence-electron chi connectivity index (χ1n) is 11.0. The summed E-state index contributed by atoms with van der Waals surface area (Å²) in [6, 6.07) is 16.0. The quantitative estimate of drug-likeness (QED) is 0.381. The van der Waals surface area contributed by atoms with Crippen molar-refractivity contribution in [2.45, 2.75) is 59.1 Å². The average molecular weight is 456 g/mol. The molecule has 0 bridgehead atoms. The van der Waals surface area contributed by atoms with Crippen LogP contribution in [0.15, 0.2) is 64.5 Å². The molecule has 0 aliphatic carbocycles. The number of benzene rings is 2. The SMILES string of the molecule is C/C=C(\N=C(C)C(CNC(O)C(C)(C)C)Cc1ccc(S(N)=O)c(C)c1)c1ccccc1. The van der Waals surface area contributed by atoms with Crippen LogP contribution in [0.2, 0.25) is 0 Å². The van der Waals surface area contributed by atoms with Gasteiger partial charge in [-0.25, -0.2) is 9.35 Å². The van der Waals surface area contributed by atoms with Crippen LogP contribution in [-0.2, 0) is 17.4 Å². The number of aliphatic hydroxyl groups is 1. The standard InChI is InChI=1S/C26H37N3O2S/c1-7-23(21-11-9-8-10-12-21)29-19(3)22(17-28-25(30)26(4,5)6)16-20-13-14-24(32(27)31)18(2)15-20/h7-15,22,25,28,30H,16-17,27H2,1-6H3/b23-7-,29-19?. The van der Waals surface area contributed by atoms with Crippen molar-refractivity contribution in [3.05, 3.63) is 71.3 Å². The number of nitrogens with two attached hydrogens (primary N) is 1. The molecule has 0 heterocycles. The van der Waals surface area contributed by atoms with Crippen molar-refractivity contribution in [1.82, 2.24) is 5.32 Å². The molecular formula is C26H37N3O2S. The maximum Gasteiger partial charge on any atom is 0.122 e. The number of aliphatic hydroxyl groups excluding tert-OH is 1. The van der Waals surface area contributed by atoms with Gasteiger partial charge in [-0.05, 0) is 49.9 Å². The average Bonchev–Trinajstić information content (AvgIpc) is 2.74. The molecule has 3 unspecified atom stereocenters. The van der Waals surface area contributed by atoms with Crippen LogP contribution in [0.5, 0.6) is 0 Å². The van der Waals surface area contributed by atoms with E-state index in [0.29, 0.717) is 11.4 Å². The molecule has 6 heteroatoms. The Morgan fingerprint density at radius 3 is 2.41 bits per heavy atom. The molecule has 2 rings (SSSR count). The van der Waals surface area contributed by atoms with E-state index in [1.54, 1.807) is 0 Å². The highest BCUT2D eigenvalue weighted by molar-refractivity contribution is 7.82. The highest BCUT2D eigenvalue weighted by Crippen LogP contribution is 2.22. The van der Waals surface area contributed by atoms with E-state index in [0.717, 1.165) is 34.5 Å². The normalized spacial score (nSPS) is 16.0. The Kier molecular flexibility index (Phi) is 9.52. The fourth-order valence-corrected chi connectivity index (χ4v) is 4.04. The largest absolute Gasteiger partial charge is 0.378 e. The van der Waals surface area contributed by atoms with Gasteiger partial charge in [0.25, 0.3) is 0 Å². The summed E-state index contributed by atoms with van der Waals surface area (Å²) in [5.41, 5.74) is 4.75. The molecule has 0 fully saturated rings. The summed E-state index contributed by atoms with van der Waals surface area (Å²) in [6.45, 7) is 12.6. The third-order valence-corrected chi connectivity index (χ3v) is 6.44. The van der Waals surface area contributed by atoms with Gasteiger partial charge in [-0.1, -0.05) is 69.3 Å². The molecule has 0 aliphatic rings. The first-order chi connectivity index (χ1) is 15.0. The smallest absolute Gasteiger partial charge is 0.122 e. The molecule has 0 saturated carbocycles. The Morgan fingerprint density at radius 1 is 1.22 bits per heavy atom. The number of aliphatic imine (C=N–C) groups is 1. The van der Waals surface area contributed by atoms with Crippen molar-refractivity contribution in [2.24, 2.45) is 21.5 Å². The van der Waals surface area contributed by atoms with Crippen molar-refractivity contribution in [1.29, 1.82) is 0 Å². The highest BCUT2D eigenvalue weighted by Gasteiger charge is 2.24.